The van der Waals surface area contributed by atoms with E-state index in [1.165, 1.54) is 4.88 Å². The van der Waals surface area contributed by atoms with Gasteiger partial charge in [0.05, 0.1) is 10.4 Å². The molecule has 1 aromatic heterocycles. The summed E-state index contributed by atoms with van der Waals surface area (Å²) in [5, 5.41) is 9.14. The predicted molar refractivity (Wildman–Crippen MR) is 57.3 cm³/mol. The number of hydrogen-bond acceptors (Lipinski definition) is 3. The van der Waals surface area contributed by atoms with Gasteiger partial charge in [-0.1, -0.05) is 11.6 Å². The first-order valence-corrected chi connectivity index (χ1v) is 5.38. The molecule has 0 amide bonds. The van der Waals surface area contributed by atoms with Crippen molar-refractivity contribution in [1.82, 2.24) is 4.90 Å². The van der Waals surface area contributed by atoms with Crippen molar-refractivity contribution in [3.63, 3.8) is 0 Å². The molecule has 1 N–H and O–H groups in total. The number of aliphatic hydroxyl groups is 1. The van der Waals surface area contributed by atoms with Crippen LogP contribution in [0.4, 0.5) is 0 Å². The minimum Gasteiger partial charge on any atom is -0.392 e. The van der Waals surface area contributed by atoms with Crippen molar-refractivity contribution in [2.24, 2.45) is 0 Å². The van der Waals surface area contributed by atoms with Gasteiger partial charge in [0.25, 0.3) is 0 Å². The number of halogens is 1. The van der Waals surface area contributed by atoms with Crippen LogP contribution in [0.1, 0.15) is 11.8 Å². The Bertz CT molecular complexity index is 262. The van der Waals surface area contributed by atoms with Crippen molar-refractivity contribution in [1.29, 1.82) is 0 Å². The lowest BCUT2D eigenvalue weighted by Crippen LogP contribution is -2.26. The van der Waals surface area contributed by atoms with Crippen LogP contribution in [0.3, 0.4) is 0 Å². The molecule has 0 bridgehead atoms. The lowest BCUT2D eigenvalue weighted by Gasteiger charge is -2.16. The Morgan fingerprint density at radius 1 is 1.62 bits per heavy atom. The highest BCUT2D eigenvalue weighted by Crippen LogP contribution is 2.22. The fourth-order valence-electron chi connectivity index (χ4n) is 1.22. The number of thiophene rings is 1. The van der Waals surface area contributed by atoms with Crippen molar-refractivity contribution in [2.45, 2.75) is 19.6 Å². The first-order chi connectivity index (χ1) is 6.08. The molecule has 0 saturated carbocycles. The van der Waals surface area contributed by atoms with Crippen LogP contribution in [-0.4, -0.2) is 29.7 Å². The third-order valence-electron chi connectivity index (χ3n) is 1.63. The molecule has 1 atom stereocenters. The molecule has 0 radical (unpaired) electrons. The summed E-state index contributed by atoms with van der Waals surface area (Å²) in [5.41, 5.74) is 0. The fourth-order valence-corrected chi connectivity index (χ4v) is 2.39. The van der Waals surface area contributed by atoms with Crippen molar-refractivity contribution in [3.05, 3.63) is 21.3 Å². The zero-order valence-electron chi connectivity index (χ0n) is 7.83. The lowest BCUT2D eigenvalue weighted by molar-refractivity contribution is 0.139. The molecule has 4 heteroatoms. The van der Waals surface area contributed by atoms with Crippen molar-refractivity contribution < 1.29 is 5.11 Å². The Morgan fingerprint density at radius 2 is 2.31 bits per heavy atom. The summed E-state index contributed by atoms with van der Waals surface area (Å²) in [4.78, 5) is 3.31. The Balaban J connectivity index is 2.40. The fraction of sp³-hybridized carbons (Fsp3) is 0.556. The van der Waals surface area contributed by atoms with Gasteiger partial charge < -0.3 is 5.11 Å². The number of likely N-dealkylation sites (N-methyl/N-ethyl adjacent to an activating group) is 1. The lowest BCUT2D eigenvalue weighted by atomic mass is 10.3. The first-order valence-electron chi connectivity index (χ1n) is 4.18. The molecule has 74 valence electrons. The number of rotatable bonds is 4. The molecule has 0 spiro atoms. The number of nitrogens with zero attached hydrogens (tertiary/aromatic N) is 1. The molecule has 0 fully saturated rings. The van der Waals surface area contributed by atoms with Gasteiger partial charge in [0.1, 0.15) is 0 Å². The van der Waals surface area contributed by atoms with Gasteiger partial charge in [-0.05, 0) is 26.1 Å². The standard InChI is InChI=1S/C9H14ClNOS/c1-7(12)5-11(2)6-8-3-4-9(10)13-8/h3-4,7,12H,5-6H2,1-2H3. The topological polar surface area (TPSA) is 23.5 Å². The van der Waals surface area contributed by atoms with Gasteiger partial charge in [-0.3, -0.25) is 4.90 Å². The summed E-state index contributed by atoms with van der Waals surface area (Å²) >= 11 is 7.39. The third-order valence-corrected chi connectivity index (χ3v) is 2.85. The number of hydrogen-bond donors (Lipinski definition) is 1. The van der Waals surface area contributed by atoms with Crippen molar-refractivity contribution in [2.75, 3.05) is 13.6 Å². The van der Waals surface area contributed by atoms with Gasteiger partial charge in [-0.15, -0.1) is 11.3 Å². The third kappa shape index (κ3) is 4.09. The van der Waals surface area contributed by atoms with Crippen LogP contribution < -0.4 is 0 Å². The second kappa shape index (κ2) is 4.96. The SMILES string of the molecule is CC(O)CN(C)Cc1ccc(Cl)s1. The van der Waals surface area contributed by atoms with Crippen LogP contribution in [-0.2, 0) is 6.54 Å². The van der Waals surface area contributed by atoms with E-state index in [1.807, 2.05) is 19.2 Å². The van der Waals surface area contributed by atoms with Crippen LogP contribution in [0.2, 0.25) is 4.34 Å². The summed E-state index contributed by atoms with van der Waals surface area (Å²) in [5.74, 6) is 0. The minimum absolute atomic E-state index is 0.277. The second-order valence-electron chi connectivity index (χ2n) is 3.25. The maximum absolute atomic E-state index is 9.14. The Hall–Kier alpha value is -0.0900. The summed E-state index contributed by atoms with van der Waals surface area (Å²) in [6, 6.07) is 3.92. The molecule has 0 aliphatic heterocycles. The van der Waals surface area contributed by atoms with Crippen LogP contribution in [0.25, 0.3) is 0 Å². The van der Waals surface area contributed by atoms with Gasteiger partial charge in [-0.25, -0.2) is 0 Å². The molecule has 1 aromatic rings. The highest BCUT2D eigenvalue weighted by atomic mass is 35.5. The van der Waals surface area contributed by atoms with Crippen LogP contribution in [0.15, 0.2) is 12.1 Å². The summed E-state index contributed by atoms with van der Waals surface area (Å²) in [7, 11) is 1.99. The molecule has 1 unspecified atom stereocenters. The molecule has 2 nitrogen and oxygen atoms in total. The average Bonchev–Trinajstić information content (AvgIpc) is 2.33. The van der Waals surface area contributed by atoms with E-state index in [2.05, 4.69) is 4.90 Å². The van der Waals surface area contributed by atoms with E-state index < -0.39 is 0 Å². The quantitative estimate of drug-likeness (QED) is 0.840. The van der Waals surface area contributed by atoms with Gasteiger partial charge in [0.15, 0.2) is 0 Å². The van der Waals surface area contributed by atoms with Gasteiger partial charge >= 0.3 is 0 Å². The zero-order valence-corrected chi connectivity index (χ0v) is 9.40. The highest BCUT2D eigenvalue weighted by molar-refractivity contribution is 7.16. The van der Waals surface area contributed by atoms with E-state index in [9.17, 15) is 0 Å². The van der Waals surface area contributed by atoms with E-state index >= 15 is 0 Å². The molecular formula is C9H14ClNOS. The van der Waals surface area contributed by atoms with Crippen LogP contribution >= 0.6 is 22.9 Å². The van der Waals surface area contributed by atoms with Crippen molar-refractivity contribution in [3.8, 4) is 0 Å². The Morgan fingerprint density at radius 3 is 2.77 bits per heavy atom. The molecular weight excluding hydrogens is 206 g/mol. The Labute approximate surface area is 87.8 Å². The van der Waals surface area contributed by atoms with Gasteiger partial charge in [0.2, 0.25) is 0 Å². The normalized spacial score (nSPS) is 13.6. The molecule has 0 aliphatic carbocycles. The molecule has 0 saturated heterocycles. The highest BCUT2D eigenvalue weighted by Gasteiger charge is 2.05. The van der Waals surface area contributed by atoms with E-state index in [1.54, 1.807) is 18.3 Å². The predicted octanol–water partition coefficient (Wildman–Crippen LogP) is 2.21. The number of aliphatic hydroxyl groups excluding tert-OH is 1. The average molecular weight is 220 g/mol. The zero-order chi connectivity index (χ0) is 9.84. The van der Waals surface area contributed by atoms with Gasteiger partial charge in [-0.2, -0.15) is 0 Å². The van der Waals surface area contributed by atoms with E-state index in [4.69, 9.17) is 16.7 Å². The maximum Gasteiger partial charge on any atom is 0.0931 e. The van der Waals surface area contributed by atoms with E-state index in [-0.39, 0.29) is 6.10 Å². The van der Waals surface area contributed by atoms with Crippen LogP contribution in [0, 0.1) is 0 Å². The van der Waals surface area contributed by atoms with E-state index in [0.29, 0.717) is 6.54 Å². The second-order valence-corrected chi connectivity index (χ2v) is 5.05. The molecule has 13 heavy (non-hydrogen) atoms. The molecule has 0 aromatic carbocycles. The van der Waals surface area contributed by atoms with Gasteiger partial charge in [0, 0.05) is 18.0 Å². The summed E-state index contributed by atoms with van der Waals surface area (Å²) in [6.07, 6.45) is -0.277. The maximum atomic E-state index is 9.14. The molecule has 1 heterocycles. The smallest absolute Gasteiger partial charge is 0.0931 e. The van der Waals surface area contributed by atoms with Crippen LogP contribution in [0.5, 0.6) is 0 Å². The van der Waals surface area contributed by atoms with Crippen molar-refractivity contribution >= 4 is 22.9 Å². The largest absolute Gasteiger partial charge is 0.392 e. The first kappa shape index (κ1) is 11.0. The molecule has 1 rings (SSSR count). The minimum atomic E-state index is -0.277. The Kier molecular flexibility index (Phi) is 4.19. The monoisotopic (exact) mass is 219 g/mol. The summed E-state index contributed by atoms with van der Waals surface area (Å²) in [6.45, 7) is 3.33. The summed E-state index contributed by atoms with van der Waals surface area (Å²) < 4.78 is 0.820. The molecule has 0 aliphatic rings. The van der Waals surface area contributed by atoms with E-state index in [0.717, 1.165) is 10.9 Å².